The predicted octanol–water partition coefficient (Wildman–Crippen LogP) is 2.01. The molecule has 1 saturated carbocycles. The Balaban J connectivity index is 1.62. The average Bonchev–Trinajstić information content (AvgIpc) is 2.93. The van der Waals surface area contributed by atoms with E-state index in [4.69, 9.17) is 0 Å². The van der Waals surface area contributed by atoms with Crippen molar-refractivity contribution in [2.24, 2.45) is 0 Å². The van der Waals surface area contributed by atoms with Crippen molar-refractivity contribution in [1.82, 2.24) is 9.88 Å². The summed E-state index contributed by atoms with van der Waals surface area (Å²) < 4.78 is 0. The van der Waals surface area contributed by atoms with E-state index in [0.29, 0.717) is 11.0 Å². The molecule has 98 valence electrons. The molecule has 2 fully saturated rings. The van der Waals surface area contributed by atoms with Crippen molar-refractivity contribution in [3.63, 3.8) is 0 Å². The van der Waals surface area contributed by atoms with Crippen molar-refractivity contribution in [2.75, 3.05) is 18.5 Å². The first-order valence-electron chi connectivity index (χ1n) is 6.42. The van der Waals surface area contributed by atoms with Crippen LogP contribution >= 0.6 is 11.3 Å². The number of carbonyl (C=O) groups excluding carboxylic acids is 1. The minimum Gasteiger partial charge on any atom is -0.394 e. The Bertz CT molecular complexity index is 444. The Morgan fingerprint density at radius 2 is 2.39 bits per heavy atom. The predicted molar refractivity (Wildman–Crippen MR) is 69.9 cm³/mol. The Labute approximate surface area is 110 Å². The molecule has 1 aromatic rings. The summed E-state index contributed by atoms with van der Waals surface area (Å²) in [4.78, 5) is 18.2. The summed E-state index contributed by atoms with van der Waals surface area (Å²) in [5.74, 6) is 0.615. The number of aliphatic hydroxyl groups excluding tert-OH is 1. The van der Waals surface area contributed by atoms with Crippen LogP contribution in [0.3, 0.4) is 0 Å². The highest BCUT2D eigenvalue weighted by Crippen LogP contribution is 2.40. The Kier molecular flexibility index (Phi) is 3.22. The van der Waals surface area contributed by atoms with Gasteiger partial charge in [-0.05, 0) is 25.7 Å². The first kappa shape index (κ1) is 11.9. The highest BCUT2D eigenvalue weighted by Gasteiger charge is 2.29. The van der Waals surface area contributed by atoms with Gasteiger partial charge in [-0.25, -0.2) is 9.78 Å². The fourth-order valence-electron chi connectivity index (χ4n) is 2.37. The monoisotopic (exact) mass is 267 g/mol. The fourth-order valence-corrected chi connectivity index (χ4v) is 3.15. The lowest BCUT2D eigenvalue weighted by Gasteiger charge is -2.22. The molecule has 2 aliphatic rings. The minimum atomic E-state index is -0.136. The number of nitrogens with one attached hydrogen (secondary N) is 1. The van der Waals surface area contributed by atoms with Gasteiger partial charge in [-0.3, -0.25) is 5.32 Å². The van der Waals surface area contributed by atoms with Crippen molar-refractivity contribution in [1.29, 1.82) is 0 Å². The Morgan fingerprint density at radius 3 is 3.11 bits per heavy atom. The van der Waals surface area contributed by atoms with Gasteiger partial charge in [-0.2, -0.15) is 0 Å². The van der Waals surface area contributed by atoms with Crippen LogP contribution in [0.4, 0.5) is 9.93 Å². The van der Waals surface area contributed by atoms with E-state index >= 15 is 0 Å². The second kappa shape index (κ2) is 4.85. The van der Waals surface area contributed by atoms with Crippen molar-refractivity contribution < 1.29 is 9.90 Å². The smallest absolute Gasteiger partial charge is 0.323 e. The standard InChI is InChI=1S/C12H17N3O2S/c16-6-9-2-1-5-15(9)12(17)14-11-13-10(7-18-11)8-3-4-8/h7-9,16H,1-6H2,(H,13,14,17)/t9-/m1/s1. The average molecular weight is 267 g/mol. The summed E-state index contributed by atoms with van der Waals surface area (Å²) in [6.45, 7) is 0.760. The molecular formula is C12H17N3O2S. The summed E-state index contributed by atoms with van der Waals surface area (Å²) in [5.41, 5.74) is 1.11. The largest absolute Gasteiger partial charge is 0.394 e. The van der Waals surface area contributed by atoms with E-state index < -0.39 is 0 Å². The van der Waals surface area contributed by atoms with Gasteiger partial charge in [-0.15, -0.1) is 11.3 Å². The summed E-state index contributed by atoms with van der Waals surface area (Å²) in [7, 11) is 0. The molecule has 1 aliphatic carbocycles. The van der Waals surface area contributed by atoms with E-state index in [2.05, 4.69) is 10.3 Å². The summed E-state index contributed by atoms with van der Waals surface area (Å²) in [5, 5.41) is 14.7. The van der Waals surface area contributed by atoms with Gasteiger partial charge in [0, 0.05) is 17.8 Å². The number of anilines is 1. The number of likely N-dealkylation sites (tertiary alicyclic amines) is 1. The van der Waals surface area contributed by atoms with Crippen LogP contribution in [-0.2, 0) is 0 Å². The van der Waals surface area contributed by atoms with Crippen LogP contribution < -0.4 is 5.32 Å². The van der Waals surface area contributed by atoms with Crippen LogP contribution in [0.1, 0.15) is 37.3 Å². The number of aliphatic hydroxyl groups is 1. The highest BCUT2D eigenvalue weighted by atomic mass is 32.1. The molecule has 0 unspecified atom stereocenters. The number of carbonyl (C=O) groups is 1. The third-order valence-electron chi connectivity index (χ3n) is 3.58. The SMILES string of the molecule is O=C(Nc1nc(C2CC2)cs1)N1CCC[C@@H]1CO. The summed E-state index contributed by atoms with van der Waals surface area (Å²) >= 11 is 1.48. The van der Waals surface area contributed by atoms with E-state index in [1.807, 2.05) is 5.38 Å². The number of amides is 2. The van der Waals surface area contributed by atoms with Gasteiger partial charge in [-0.1, -0.05) is 0 Å². The molecule has 0 bridgehead atoms. The maximum absolute atomic E-state index is 12.0. The second-order valence-electron chi connectivity index (χ2n) is 4.95. The number of rotatable bonds is 3. The molecule has 1 atom stereocenters. The van der Waals surface area contributed by atoms with Gasteiger partial charge in [0.25, 0.3) is 0 Å². The van der Waals surface area contributed by atoms with Gasteiger partial charge < -0.3 is 10.0 Å². The van der Waals surface area contributed by atoms with Crippen molar-refractivity contribution in [3.05, 3.63) is 11.1 Å². The molecule has 18 heavy (non-hydrogen) atoms. The number of hydrogen-bond donors (Lipinski definition) is 2. The number of hydrogen-bond acceptors (Lipinski definition) is 4. The molecule has 1 aromatic heterocycles. The lowest BCUT2D eigenvalue weighted by molar-refractivity contribution is 0.166. The molecule has 0 aromatic carbocycles. The Morgan fingerprint density at radius 1 is 1.56 bits per heavy atom. The first-order chi connectivity index (χ1) is 8.78. The van der Waals surface area contributed by atoms with Crippen LogP contribution in [-0.4, -0.2) is 40.2 Å². The lowest BCUT2D eigenvalue weighted by Crippen LogP contribution is -2.40. The molecule has 0 radical (unpaired) electrons. The quantitative estimate of drug-likeness (QED) is 0.880. The van der Waals surface area contributed by atoms with Crippen LogP contribution in [0, 0.1) is 0 Å². The zero-order valence-electron chi connectivity index (χ0n) is 10.1. The number of urea groups is 1. The van der Waals surface area contributed by atoms with E-state index in [-0.39, 0.29) is 18.7 Å². The van der Waals surface area contributed by atoms with Crippen molar-refractivity contribution in [2.45, 2.75) is 37.6 Å². The maximum atomic E-state index is 12.0. The van der Waals surface area contributed by atoms with Crippen LogP contribution in [0.2, 0.25) is 0 Å². The molecule has 0 spiro atoms. The zero-order valence-corrected chi connectivity index (χ0v) is 10.9. The number of aromatic nitrogens is 1. The summed E-state index contributed by atoms with van der Waals surface area (Å²) in [6.07, 6.45) is 4.28. The van der Waals surface area contributed by atoms with Crippen LogP contribution in [0.15, 0.2) is 5.38 Å². The van der Waals surface area contributed by atoms with Gasteiger partial charge in [0.2, 0.25) is 0 Å². The van der Waals surface area contributed by atoms with Gasteiger partial charge in [0.1, 0.15) is 0 Å². The third-order valence-corrected chi connectivity index (χ3v) is 4.36. The zero-order chi connectivity index (χ0) is 12.5. The first-order valence-corrected chi connectivity index (χ1v) is 7.30. The minimum absolute atomic E-state index is 0.0344. The third kappa shape index (κ3) is 2.35. The van der Waals surface area contributed by atoms with E-state index in [1.54, 1.807) is 4.90 Å². The molecule has 3 rings (SSSR count). The maximum Gasteiger partial charge on any atom is 0.323 e. The molecular weight excluding hydrogens is 250 g/mol. The van der Waals surface area contributed by atoms with Gasteiger partial charge in [0.05, 0.1) is 18.3 Å². The normalized spacial score (nSPS) is 23.4. The second-order valence-corrected chi connectivity index (χ2v) is 5.81. The molecule has 1 aliphatic heterocycles. The molecule has 2 N–H and O–H groups in total. The number of thiazole rings is 1. The molecule has 1 saturated heterocycles. The van der Waals surface area contributed by atoms with E-state index in [1.165, 1.54) is 24.2 Å². The lowest BCUT2D eigenvalue weighted by atomic mass is 10.2. The van der Waals surface area contributed by atoms with Gasteiger partial charge >= 0.3 is 6.03 Å². The van der Waals surface area contributed by atoms with Crippen molar-refractivity contribution >= 4 is 22.5 Å². The fraction of sp³-hybridized carbons (Fsp3) is 0.667. The highest BCUT2D eigenvalue weighted by molar-refractivity contribution is 7.13. The van der Waals surface area contributed by atoms with Gasteiger partial charge in [0.15, 0.2) is 5.13 Å². The van der Waals surface area contributed by atoms with Crippen LogP contribution in [0.5, 0.6) is 0 Å². The van der Waals surface area contributed by atoms with Crippen LogP contribution in [0.25, 0.3) is 0 Å². The molecule has 5 nitrogen and oxygen atoms in total. The number of nitrogens with zero attached hydrogens (tertiary/aromatic N) is 2. The molecule has 2 amide bonds. The molecule has 6 heteroatoms. The van der Waals surface area contributed by atoms with E-state index in [9.17, 15) is 9.90 Å². The Hall–Kier alpha value is -1.14. The topological polar surface area (TPSA) is 65.5 Å². The summed E-state index contributed by atoms with van der Waals surface area (Å²) in [6, 6.07) is -0.170. The van der Waals surface area contributed by atoms with Crippen molar-refractivity contribution in [3.8, 4) is 0 Å². The van der Waals surface area contributed by atoms with E-state index in [0.717, 1.165) is 25.1 Å². The molecule has 2 heterocycles.